The van der Waals surface area contributed by atoms with Crippen LogP contribution in [0, 0.1) is 17.8 Å². The molecule has 1 N–H and O–H groups in total. The van der Waals surface area contributed by atoms with E-state index in [-0.39, 0.29) is 12.5 Å². The topological polar surface area (TPSA) is 83.9 Å². The molecule has 0 radical (unpaired) electrons. The van der Waals surface area contributed by atoms with E-state index in [1.54, 1.807) is 6.92 Å². The van der Waals surface area contributed by atoms with Crippen LogP contribution < -0.4 is 0 Å². The van der Waals surface area contributed by atoms with E-state index in [2.05, 4.69) is 22.5 Å². The molecule has 0 bridgehead atoms. The Balaban J connectivity index is 2.08. The Morgan fingerprint density at radius 3 is 2.48 bits per heavy atom. The quantitative estimate of drug-likeness (QED) is 0.561. The van der Waals surface area contributed by atoms with E-state index in [0.29, 0.717) is 12.8 Å². The Kier molecular flexibility index (Phi) is 8.16. The molecule has 158 valence electrons. The van der Waals surface area contributed by atoms with Crippen molar-refractivity contribution < 1.29 is 24.2 Å². The normalized spacial score (nSPS) is 20.5. The Morgan fingerprint density at radius 2 is 1.90 bits per heavy atom. The van der Waals surface area contributed by atoms with E-state index in [1.807, 2.05) is 37.3 Å². The Labute approximate surface area is 180 Å². The fourth-order valence-corrected chi connectivity index (χ4v) is 4.13. The fourth-order valence-electron chi connectivity index (χ4n) is 3.62. The maximum atomic E-state index is 13.0. The van der Waals surface area contributed by atoms with Crippen LogP contribution >= 0.6 is 15.9 Å². The standard InChI is InChI=1S/C22H28BrNO5/c1-13(10-14(2)23)19(25)15(3)20(26)16(4)21(27)24-18(12-29-22(24)28)11-17-8-6-5-7-9-17/h5-9,13,15-16,18-19,25H,2,10-12H2,1,3-4H3/t13-,15+,16+,18+,19-/m0/s1. The van der Waals surface area contributed by atoms with Gasteiger partial charge in [-0.15, -0.1) is 0 Å². The first-order valence-electron chi connectivity index (χ1n) is 9.72. The lowest BCUT2D eigenvalue weighted by atomic mass is 9.84. The number of imide groups is 1. The molecule has 0 unspecified atom stereocenters. The Bertz CT molecular complexity index is 766. The van der Waals surface area contributed by atoms with E-state index in [0.717, 1.165) is 14.9 Å². The highest BCUT2D eigenvalue weighted by Crippen LogP contribution is 2.26. The molecular formula is C22H28BrNO5. The number of nitrogens with zero attached hydrogens (tertiary/aromatic N) is 1. The maximum Gasteiger partial charge on any atom is 0.417 e. The highest BCUT2D eigenvalue weighted by Gasteiger charge is 2.43. The molecule has 5 atom stereocenters. The van der Waals surface area contributed by atoms with Crippen molar-refractivity contribution in [3.8, 4) is 0 Å². The van der Waals surface area contributed by atoms with Gasteiger partial charge in [0.05, 0.1) is 18.1 Å². The summed E-state index contributed by atoms with van der Waals surface area (Å²) in [6.45, 7) is 8.76. The predicted molar refractivity (Wildman–Crippen MR) is 113 cm³/mol. The number of ether oxygens (including phenoxy) is 1. The van der Waals surface area contributed by atoms with E-state index in [9.17, 15) is 19.5 Å². The summed E-state index contributed by atoms with van der Waals surface area (Å²) in [5.74, 6) is -2.99. The van der Waals surface area contributed by atoms with Gasteiger partial charge in [0.2, 0.25) is 5.91 Å². The van der Waals surface area contributed by atoms with Crippen LogP contribution in [0.2, 0.25) is 0 Å². The molecule has 29 heavy (non-hydrogen) atoms. The van der Waals surface area contributed by atoms with Gasteiger partial charge in [0.25, 0.3) is 0 Å². The van der Waals surface area contributed by atoms with Gasteiger partial charge in [-0.2, -0.15) is 0 Å². The molecule has 0 saturated carbocycles. The van der Waals surface area contributed by atoms with E-state index in [4.69, 9.17) is 4.74 Å². The average Bonchev–Trinajstić information content (AvgIpc) is 3.05. The summed E-state index contributed by atoms with van der Waals surface area (Å²) >= 11 is 3.26. The van der Waals surface area contributed by atoms with Crippen molar-refractivity contribution in [3.63, 3.8) is 0 Å². The molecule has 0 spiro atoms. The molecule has 7 heteroatoms. The summed E-state index contributed by atoms with van der Waals surface area (Å²) in [6, 6.07) is 9.04. The van der Waals surface area contributed by atoms with E-state index >= 15 is 0 Å². The highest BCUT2D eigenvalue weighted by molar-refractivity contribution is 9.11. The van der Waals surface area contributed by atoms with Gasteiger partial charge in [-0.3, -0.25) is 9.59 Å². The van der Waals surface area contributed by atoms with Crippen molar-refractivity contribution in [2.45, 2.75) is 45.8 Å². The smallest absolute Gasteiger partial charge is 0.417 e. The number of ketones is 1. The fraction of sp³-hybridized carbons (Fsp3) is 0.500. The van der Waals surface area contributed by atoms with Crippen LogP contribution in [0.5, 0.6) is 0 Å². The molecular weight excluding hydrogens is 438 g/mol. The largest absolute Gasteiger partial charge is 0.447 e. The average molecular weight is 466 g/mol. The molecule has 1 aliphatic heterocycles. The molecule has 1 fully saturated rings. The minimum atomic E-state index is -1.05. The summed E-state index contributed by atoms with van der Waals surface area (Å²) in [5.41, 5.74) is 0.972. The number of carbonyl (C=O) groups is 3. The zero-order valence-corrected chi connectivity index (χ0v) is 18.6. The summed E-state index contributed by atoms with van der Waals surface area (Å²) in [6.07, 6.45) is -0.675. The summed E-state index contributed by atoms with van der Waals surface area (Å²) in [4.78, 5) is 39.1. The minimum absolute atomic E-state index is 0.100. The third-order valence-electron chi connectivity index (χ3n) is 5.40. The zero-order valence-electron chi connectivity index (χ0n) is 17.0. The minimum Gasteiger partial charge on any atom is -0.447 e. The first kappa shape index (κ1) is 23.3. The number of benzene rings is 1. The van der Waals surface area contributed by atoms with Crippen LogP contribution in [-0.2, 0) is 20.7 Å². The molecule has 6 nitrogen and oxygen atoms in total. The SMILES string of the molecule is C=C(Br)C[C@H](C)[C@H](O)[C@@H](C)C(=O)[C@@H](C)C(=O)N1C(=O)OC[C@H]1Cc1ccccc1. The Hall–Kier alpha value is -1.99. The van der Waals surface area contributed by atoms with Crippen molar-refractivity contribution in [2.24, 2.45) is 17.8 Å². The lowest BCUT2D eigenvalue weighted by molar-refractivity contribution is -0.142. The van der Waals surface area contributed by atoms with Crippen LogP contribution in [0.15, 0.2) is 41.4 Å². The maximum absolute atomic E-state index is 13.0. The van der Waals surface area contributed by atoms with Crippen LogP contribution in [0.3, 0.4) is 0 Å². The molecule has 1 heterocycles. The number of hydrogen-bond acceptors (Lipinski definition) is 5. The monoisotopic (exact) mass is 465 g/mol. The molecule has 1 saturated heterocycles. The number of aliphatic hydroxyl groups is 1. The van der Waals surface area contributed by atoms with Gasteiger partial charge in [-0.25, -0.2) is 9.69 Å². The van der Waals surface area contributed by atoms with E-state index < -0.39 is 41.8 Å². The molecule has 1 aromatic carbocycles. The number of rotatable bonds is 9. The second-order valence-corrected chi connectivity index (χ2v) is 8.85. The van der Waals surface area contributed by atoms with Crippen molar-refractivity contribution in [1.82, 2.24) is 4.90 Å². The number of cyclic esters (lactones) is 1. The third kappa shape index (κ3) is 5.76. The summed E-state index contributed by atoms with van der Waals surface area (Å²) in [5, 5.41) is 10.5. The van der Waals surface area contributed by atoms with Crippen LogP contribution in [0.25, 0.3) is 0 Å². The van der Waals surface area contributed by atoms with E-state index in [1.165, 1.54) is 6.92 Å². The first-order chi connectivity index (χ1) is 13.6. The molecule has 0 aliphatic carbocycles. The number of allylic oxidation sites excluding steroid dienone is 1. The first-order valence-corrected chi connectivity index (χ1v) is 10.5. The van der Waals surface area contributed by atoms with Gasteiger partial charge in [0.15, 0.2) is 0 Å². The second-order valence-electron chi connectivity index (χ2n) is 7.73. The van der Waals surface area contributed by atoms with Crippen LogP contribution in [-0.4, -0.2) is 46.5 Å². The van der Waals surface area contributed by atoms with Crippen molar-refractivity contribution in [1.29, 1.82) is 0 Å². The van der Waals surface area contributed by atoms with Gasteiger partial charge >= 0.3 is 6.09 Å². The second kappa shape index (κ2) is 10.2. The highest BCUT2D eigenvalue weighted by atomic mass is 79.9. The number of aliphatic hydroxyl groups excluding tert-OH is 1. The van der Waals surface area contributed by atoms with Gasteiger partial charge < -0.3 is 9.84 Å². The molecule has 1 aromatic rings. The van der Waals surface area contributed by atoms with Gasteiger partial charge in [-0.05, 0) is 35.7 Å². The van der Waals surface area contributed by atoms with Gasteiger partial charge in [-0.1, -0.05) is 66.7 Å². The molecule has 0 aromatic heterocycles. The summed E-state index contributed by atoms with van der Waals surface area (Å²) < 4.78 is 5.81. The zero-order chi connectivity index (χ0) is 21.7. The molecule has 1 aliphatic rings. The lowest BCUT2D eigenvalue weighted by Crippen LogP contribution is -2.47. The van der Waals surface area contributed by atoms with Crippen molar-refractivity contribution in [3.05, 3.63) is 47.0 Å². The van der Waals surface area contributed by atoms with Crippen LogP contribution in [0.4, 0.5) is 4.79 Å². The molecule has 2 rings (SSSR count). The predicted octanol–water partition coefficient (Wildman–Crippen LogP) is 3.71. The van der Waals surface area contributed by atoms with Gasteiger partial charge in [0.1, 0.15) is 12.4 Å². The number of Topliss-reactive ketones (excluding diaryl/α,β-unsaturated/α-hetero) is 1. The van der Waals surface area contributed by atoms with Crippen molar-refractivity contribution in [2.75, 3.05) is 6.61 Å². The number of amides is 2. The lowest BCUT2D eigenvalue weighted by Gasteiger charge is -2.27. The third-order valence-corrected chi connectivity index (χ3v) is 5.72. The summed E-state index contributed by atoms with van der Waals surface area (Å²) in [7, 11) is 0. The van der Waals surface area contributed by atoms with Gasteiger partial charge in [0, 0.05) is 5.92 Å². The number of hydrogen-bond donors (Lipinski definition) is 1. The number of halogens is 1. The Morgan fingerprint density at radius 1 is 1.28 bits per heavy atom. The van der Waals surface area contributed by atoms with Crippen molar-refractivity contribution >= 4 is 33.7 Å². The molecule has 2 amide bonds. The number of carbonyl (C=O) groups excluding carboxylic acids is 3. The van der Waals surface area contributed by atoms with Crippen LogP contribution in [0.1, 0.15) is 32.8 Å².